The summed E-state index contributed by atoms with van der Waals surface area (Å²) in [7, 11) is 2.81. The van der Waals surface area contributed by atoms with E-state index in [1.807, 2.05) is 25.7 Å². The van der Waals surface area contributed by atoms with E-state index in [1.54, 1.807) is 24.1 Å². The predicted molar refractivity (Wildman–Crippen MR) is 171 cm³/mol. The first-order valence-corrected chi connectivity index (χ1v) is 15.7. The van der Waals surface area contributed by atoms with E-state index < -0.39 is 23.0 Å². The number of nitrogens with one attached hydrogen (secondary N) is 2. The fourth-order valence-corrected chi connectivity index (χ4v) is 6.25. The molecule has 0 radical (unpaired) electrons. The predicted octanol–water partition coefficient (Wildman–Crippen LogP) is 4.86. The zero-order chi connectivity index (χ0) is 33.3. The van der Waals surface area contributed by atoms with Crippen LogP contribution in [0.25, 0.3) is 11.3 Å². The van der Waals surface area contributed by atoms with Crippen molar-refractivity contribution in [2.45, 2.75) is 39.0 Å². The normalized spacial score (nSPS) is 16.0. The average Bonchev–Trinajstić information content (AvgIpc) is 3.39. The summed E-state index contributed by atoms with van der Waals surface area (Å²) in [6, 6.07) is 7.32. The molecule has 0 atom stereocenters. The van der Waals surface area contributed by atoms with Crippen molar-refractivity contribution in [2.75, 3.05) is 51.7 Å². The Bertz CT molecular complexity index is 1660. The van der Waals surface area contributed by atoms with Gasteiger partial charge in [0.15, 0.2) is 17.4 Å². The number of hydrogen-bond acceptors (Lipinski definition) is 6. The molecular formula is C33H39ClF2N6O4. The molecule has 2 fully saturated rings. The molecule has 3 aromatic rings. The molecule has 0 saturated carbocycles. The number of anilines is 1. The van der Waals surface area contributed by atoms with E-state index >= 15 is 4.39 Å². The highest BCUT2D eigenvalue weighted by Gasteiger charge is 2.32. The van der Waals surface area contributed by atoms with Gasteiger partial charge in [0.1, 0.15) is 0 Å². The fraction of sp³-hybridized carbons (Fsp3) is 0.455. The van der Waals surface area contributed by atoms with Crippen molar-refractivity contribution in [2.24, 2.45) is 13.0 Å². The van der Waals surface area contributed by atoms with Gasteiger partial charge in [-0.25, -0.2) is 9.37 Å². The lowest BCUT2D eigenvalue weighted by Crippen LogP contribution is -2.52. The Hall–Kier alpha value is -4.03. The Balaban J connectivity index is 1.30. The number of imidazole rings is 1. The van der Waals surface area contributed by atoms with Gasteiger partial charge in [0, 0.05) is 55.8 Å². The third-order valence-corrected chi connectivity index (χ3v) is 8.87. The standard InChI is InChI=1S/C33H39ClF2N6O4/c1-33(2,3)28-27(22-8-9-24(46-5)26(36)25(22)35)40(4)29(39-28)30(43)38-20-6-7-21(23(34)18-20)32(45)42-16-14-41(15-17-42)31(44)19-10-12-37-13-11-19/h6-9,18-19,37H,10-17H2,1-5H3,(H,38,43). The van der Waals surface area contributed by atoms with Crippen molar-refractivity contribution in [3.05, 3.63) is 64.1 Å². The quantitative estimate of drug-likeness (QED) is 0.392. The van der Waals surface area contributed by atoms with Crippen LogP contribution in [-0.2, 0) is 17.3 Å². The van der Waals surface area contributed by atoms with Crippen LogP contribution < -0.4 is 15.4 Å². The molecule has 2 saturated heterocycles. The van der Waals surface area contributed by atoms with Crippen molar-refractivity contribution in [1.29, 1.82) is 0 Å². The maximum absolute atomic E-state index is 15.2. The third-order valence-electron chi connectivity index (χ3n) is 8.55. The molecule has 2 N–H and O–H groups in total. The molecule has 246 valence electrons. The Labute approximate surface area is 272 Å². The molecule has 2 aromatic carbocycles. The van der Waals surface area contributed by atoms with Crippen LogP contribution in [0, 0.1) is 17.6 Å². The Morgan fingerprint density at radius 3 is 2.26 bits per heavy atom. The summed E-state index contributed by atoms with van der Waals surface area (Å²) in [5, 5.41) is 6.18. The SMILES string of the molecule is COc1ccc(-c2c(C(C)(C)C)nc(C(=O)Nc3ccc(C(=O)N4CCN(C(=O)C5CCNCC5)CC4)c(Cl)c3)n2C)c(F)c1F. The Morgan fingerprint density at radius 1 is 1.00 bits per heavy atom. The van der Waals surface area contributed by atoms with Crippen LogP contribution in [0.5, 0.6) is 5.75 Å². The average molecular weight is 657 g/mol. The summed E-state index contributed by atoms with van der Waals surface area (Å²) in [6.07, 6.45) is 1.66. The van der Waals surface area contributed by atoms with E-state index in [9.17, 15) is 18.8 Å². The Kier molecular flexibility index (Phi) is 9.69. The lowest BCUT2D eigenvalue weighted by atomic mass is 9.89. The van der Waals surface area contributed by atoms with Gasteiger partial charge < -0.3 is 29.7 Å². The van der Waals surface area contributed by atoms with Crippen LogP contribution in [0.4, 0.5) is 14.5 Å². The topological polar surface area (TPSA) is 109 Å². The molecule has 2 aliphatic heterocycles. The minimum Gasteiger partial charge on any atom is -0.494 e. The number of benzene rings is 2. The zero-order valence-electron chi connectivity index (χ0n) is 26.7. The van der Waals surface area contributed by atoms with Crippen LogP contribution in [0.15, 0.2) is 30.3 Å². The molecule has 5 rings (SSSR count). The van der Waals surface area contributed by atoms with Gasteiger partial charge in [-0.2, -0.15) is 4.39 Å². The van der Waals surface area contributed by atoms with E-state index in [4.69, 9.17) is 16.3 Å². The monoisotopic (exact) mass is 656 g/mol. The van der Waals surface area contributed by atoms with Crippen molar-refractivity contribution in [3.63, 3.8) is 0 Å². The van der Waals surface area contributed by atoms with E-state index in [0.29, 0.717) is 37.6 Å². The molecule has 3 heterocycles. The van der Waals surface area contributed by atoms with E-state index in [2.05, 4.69) is 15.6 Å². The van der Waals surface area contributed by atoms with Gasteiger partial charge in [0.25, 0.3) is 11.8 Å². The van der Waals surface area contributed by atoms with Gasteiger partial charge in [-0.3, -0.25) is 14.4 Å². The molecule has 13 heteroatoms. The first kappa shape index (κ1) is 33.3. The minimum atomic E-state index is -1.14. The molecule has 0 aliphatic carbocycles. The number of aromatic nitrogens is 2. The van der Waals surface area contributed by atoms with Gasteiger partial charge in [-0.15, -0.1) is 0 Å². The molecule has 10 nitrogen and oxygen atoms in total. The molecule has 3 amide bonds. The molecule has 1 aromatic heterocycles. The number of halogens is 3. The summed E-state index contributed by atoms with van der Waals surface area (Å²) >= 11 is 6.53. The van der Waals surface area contributed by atoms with Crippen LogP contribution in [0.2, 0.25) is 5.02 Å². The van der Waals surface area contributed by atoms with Gasteiger partial charge in [-0.05, 0) is 56.3 Å². The van der Waals surface area contributed by atoms with E-state index in [1.165, 1.54) is 29.9 Å². The first-order valence-electron chi connectivity index (χ1n) is 15.3. The van der Waals surface area contributed by atoms with Gasteiger partial charge >= 0.3 is 0 Å². The number of amides is 3. The number of ether oxygens (including phenoxy) is 1. The smallest absolute Gasteiger partial charge is 0.291 e. The second kappa shape index (κ2) is 13.4. The number of piperazine rings is 1. The highest BCUT2D eigenvalue weighted by atomic mass is 35.5. The van der Waals surface area contributed by atoms with E-state index in [0.717, 1.165) is 25.9 Å². The number of methoxy groups -OCH3 is 1. The lowest BCUT2D eigenvalue weighted by molar-refractivity contribution is -0.137. The molecule has 2 aliphatic rings. The summed E-state index contributed by atoms with van der Waals surface area (Å²) in [5.74, 6) is -3.17. The zero-order valence-corrected chi connectivity index (χ0v) is 27.4. The van der Waals surface area contributed by atoms with Crippen molar-refractivity contribution in [1.82, 2.24) is 24.7 Å². The number of carbonyl (C=O) groups is 3. The molecular weight excluding hydrogens is 618 g/mol. The highest BCUT2D eigenvalue weighted by Crippen LogP contribution is 2.37. The summed E-state index contributed by atoms with van der Waals surface area (Å²) in [6.45, 7) is 9.01. The van der Waals surface area contributed by atoms with Crippen molar-refractivity contribution >= 4 is 35.0 Å². The second-order valence-electron chi connectivity index (χ2n) is 12.7. The summed E-state index contributed by atoms with van der Waals surface area (Å²) in [5.41, 5.74) is 0.593. The van der Waals surface area contributed by atoms with Crippen LogP contribution >= 0.6 is 11.6 Å². The van der Waals surface area contributed by atoms with Crippen molar-refractivity contribution in [3.8, 4) is 17.0 Å². The maximum Gasteiger partial charge on any atom is 0.291 e. The largest absolute Gasteiger partial charge is 0.494 e. The van der Waals surface area contributed by atoms with Crippen LogP contribution in [0.3, 0.4) is 0 Å². The number of carbonyl (C=O) groups excluding carboxylic acids is 3. The maximum atomic E-state index is 15.2. The second-order valence-corrected chi connectivity index (χ2v) is 13.1. The summed E-state index contributed by atoms with van der Waals surface area (Å²) < 4.78 is 36.2. The van der Waals surface area contributed by atoms with Crippen molar-refractivity contribution < 1.29 is 27.9 Å². The minimum absolute atomic E-state index is 0.0243. The number of piperidine rings is 1. The lowest BCUT2D eigenvalue weighted by Gasteiger charge is -2.37. The number of rotatable bonds is 6. The molecule has 46 heavy (non-hydrogen) atoms. The fourth-order valence-electron chi connectivity index (χ4n) is 5.99. The number of hydrogen-bond donors (Lipinski definition) is 2. The number of nitrogens with zero attached hydrogens (tertiary/aromatic N) is 4. The van der Waals surface area contributed by atoms with Gasteiger partial charge in [0.05, 0.1) is 29.1 Å². The molecule has 0 unspecified atom stereocenters. The molecule has 0 bridgehead atoms. The Morgan fingerprint density at radius 2 is 1.65 bits per heavy atom. The first-order chi connectivity index (χ1) is 21.8. The third kappa shape index (κ3) is 6.59. The highest BCUT2D eigenvalue weighted by molar-refractivity contribution is 6.34. The van der Waals surface area contributed by atoms with E-state index in [-0.39, 0.29) is 51.1 Å². The van der Waals surface area contributed by atoms with Gasteiger partial charge in [-0.1, -0.05) is 32.4 Å². The van der Waals surface area contributed by atoms with Crippen LogP contribution in [0.1, 0.15) is 60.3 Å². The van der Waals surface area contributed by atoms with Crippen LogP contribution in [-0.4, -0.2) is 83.5 Å². The summed E-state index contributed by atoms with van der Waals surface area (Å²) in [4.78, 5) is 47.7. The molecule has 0 spiro atoms. The van der Waals surface area contributed by atoms with Gasteiger partial charge in [0.2, 0.25) is 11.7 Å².